The van der Waals surface area contributed by atoms with Crippen molar-refractivity contribution in [3.8, 4) is 5.82 Å². The smallest absolute Gasteiger partial charge is 0.320 e. The average molecular weight is 465 g/mol. The summed E-state index contributed by atoms with van der Waals surface area (Å²) in [5.74, 6) is -2.45. The largest absolute Gasteiger partial charge is 0.420 e. The van der Waals surface area contributed by atoms with Gasteiger partial charge in [0.05, 0.1) is 34.9 Å². The fourth-order valence-electron chi connectivity index (χ4n) is 2.11. The van der Waals surface area contributed by atoms with E-state index in [0.29, 0.717) is 10.9 Å². The maximum atomic E-state index is 13.9. The van der Waals surface area contributed by atoms with Gasteiger partial charge in [-0.2, -0.15) is 23.4 Å². The zero-order valence-electron chi connectivity index (χ0n) is 12.9. The number of carbonyl (C=O) groups excluding carboxylic acids is 1. The highest BCUT2D eigenvalue weighted by molar-refractivity contribution is 9.10. The van der Waals surface area contributed by atoms with E-state index in [0.717, 1.165) is 18.3 Å². The van der Waals surface area contributed by atoms with Crippen molar-refractivity contribution < 1.29 is 22.4 Å². The number of amides is 1. The molecule has 0 fully saturated rings. The SMILES string of the molecule is O=C(Nc1cnc(-n2nccn2)c(C(F)(F)F)c1)c1cc(Cl)c(Br)cc1F. The summed E-state index contributed by atoms with van der Waals surface area (Å²) in [6, 6.07) is 2.68. The lowest BCUT2D eigenvalue weighted by molar-refractivity contribution is -0.137. The molecule has 3 rings (SSSR count). The Morgan fingerprint density at radius 2 is 1.85 bits per heavy atom. The lowest BCUT2D eigenvalue weighted by Crippen LogP contribution is -2.18. The van der Waals surface area contributed by atoms with Crippen molar-refractivity contribution in [2.45, 2.75) is 6.18 Å². The second-order valence-electron chi connectivity index (χ2n) is 5.11. The minimum Gasteiger partial charge on any atom is -0.320 e. The van der Waals surface area contributed by atoms with E-state index < -0.39 is 34.8 Å². The van der Waals surface area contributed by atoms with Crippen LogP contribution in [-0.4, -0.2) is 25.9 Å². The molecule has 0 aliphatic rings. The Labute approximate surface area is 162 Å². The van der Waals surface area contributed by atoms with Crippen LogP contribution in [0.5, 0.6) is 0 Å². The van der Waals surface area contributed by atoms with E-state index in [1.54, 1.807) is 0 Å². The fourth-order valence-corrected chi connectivity index (χ4v) is 2.59. The van der Waals surface area contributed by atoms with E-state index >= 15 is 0 Å². The van der Waals surface area contributed by atoms with E-state index in [1.165, 1.54) is 12.4 Å². The van der Waals surface area contributed by atoms with Crippen LogP contribution in [0.2, 0.25) is 5.02 Å². The highest BCUT2D eigenvalue weighted by Crippen LogP contribution is 2.34. The molecule has 0 aliphatic carbocycles. The quantitative estimate of drug-likeness (QED) is 0.458. The summed E-state index contributed by atoms with van der Waals surface area (Å²) in [6.07, 6.45) is -1.43. The average Bonchev–Trinajstić information content (AvgIpc) is 3.11. The predicted molar refractivity (Wildman–Crippen MR) is 91.2 cm³/mol. The van der Waals surface area contributed by atoms with Gasteiger partial charge in [0.15, 0.2) is 5.82 Å². The van der Waals surface area contributed by atoms with Crippen molar-refractivity contribution in [1.82, 2.24) is 20.0 Å². The number of nitrogens with one attached hydrogen (secondary N) is 1. The molecular formula is C15H7BrClF4N5O. The molecule has 3 aromatic rings. The molecule has 1 N–H and O–H groups in total. The van der Waals surface area contributed by atoms with Crippen LogP contribution in [-0.2, 0) is 6.18 Å². The van der Waals surface area contributed by atoms with Gasteiger partial charge >= 0.3 is 6.18 Å². The number of rotatable bonds is 3. The monoisotopic (exact) mass is 463 g/mol. The molecule has 2 aromatic heterocycles. The third-order valence-electron chi connectivity index (χ3n) is 3.29. The molecule has 6 nitrogen and oxygen atoms in total. The first-order valence-electron chi connectivity index (χ1n) is 7.06. The first-order chi connectivity index (χ1) is 12.7. The van der Waals surface area contributed by atoms with E-state index in [1.807, 2.05) is 0 Å². The summed E-state index contributed by atoms with van der Waals surface area (Å²) in [7, 11) is 0. The zero-order chi connectivity index (χ0) is 19.8. The Hall–Kier alpha value is -2.53. The summed E-state index contributed by atoms with van der Waals surface area (Å²) >= 11 is 8.83. The Kier molecular flexibility index (Phi) is 5.16. The molecule has 140 valence electrons. The van der Waals surface area contributed by atoms with Crippen molar-refractivity contribution in [2.24, 2.45) is 0 Å². The van der Waals surface area contributed by atoms with Crippen molar-refractivity contribution in [3.05, 3.63) is 63.2 Å². The standard InChI is InChI=1S/C15H7BrClF4N5O/c16-10-5-12(18)8(4-11(10)17)14(27)25-7-3-9(15(19,20)21)13(22-6-7)26-23-1-2-24-26/h1-6H,(H,25,27). The van der Waals surface area contributed by atoms with Crippen LogP contribution in [0.25, 0.3) is 5.82 Å². The number of benzene rings is 1. The Balaban J connectivity index is 1.96. The van der Waals surface area contributed by atoms with Gasteiger partial charge in [-0.25, -0.2) is 9.37 Å². The van der Waals surface area contributed by atoms with E-state index in [2.05, 4.69) is 36.4 Å². The van der Waals surface area contributed by atoms with Crippen LogP contribution in [0.3, 0.4) is 0 Å². The molecule has 12 heteroatoms. The highest BCUT2D eigenvalue weighted by Gasteiger charge is 2.36. The van der Waals surface area contributed by atoms with Gasteiger partial charge in [-0.1, -0.05) is 11.6 Å². The number of halogens is 6. The summed E-state index contributed by atoms with van der Waals surface area (Å²) in [6.45, 7) is 0. The van der Waals surface area contributed by atoms with Crippen LogP contribution in [0.1, 0.15) is 15.9 Å². The first-order valence-corrected chi connectivity index (χ1v) is 8.23. The van der Waals surface area contributed by atoms with Crippen LogP contribution in [0.15, 0.2) is 41.3 Å². The molecule has 1 aromatic carbocycles. The Bertz CT molecular complexity index is 1010. The van der Waals surface area contributed by atoms with Crippen LogP contribution < -0.4 is 5.32 Å². The van der Waals surface area contributed by atoms with Crippen LogP contribution >= 0.6 is 27.5 Å². The van der Waals surface area contributed by atoms with Gasteiger partial charge in [0.2, 0.25) is 0 Å². The third kappa shape index (κ3) is 4.08. The van der Waals surface area contributed by atoms with Gasteiger partial charge in [0.1, 0.15) is 11.4 Å². The number of anilines is 1. The van der Waals surface area contributed by atoms with E-state index in [9.17, 15) is 22.4 Å². The topological polar surface area (TPSA) is 72.7 Å². The maximum Gasteiger partial charge on any atom is 0.420 e. The molecule has 27 heavy (non-hydrogen) atoms. The number of pyridine rings is 1. The summed E-state index contributed by atoms with van der Waals surface area (Å²) in [5.41, 5.74) is -1.90. The Morgan fingerprint density at radius 3 is 2.48 bits per heavy atom. The van der Waals surface area contributed by atoms with Crippen LogP contribution in [0.4, 0.5) is 23.2 Å². The minimum atomic E-state index is -4.79. The van der Waals surface area contributed by atoms with Gasteiger partial charge in [-0.05, 0) is 34.1 Å². The van der Waals surface area contributed by atoms with Crippen molar-refractivity contribution in [2.75, 3.05) is 5.32 Å². The first kappa shape index (κ1) is 19.2. The molecule has 0 radical (unpaired) electrons. The van der Waals surface area contributed by atoms with Gasteiger partial charge in [0.25, 0.3) is 5.91 Å². The highest BCUT2D eigenvalue weighted by atomic mass is 79.9. The van der Waals surface area contributed by atoms with Crippen molar-refractivity contribution in [3.63, 3.8) is 0 Å². The number of aromatic nitrogens is 4. The normalized spacial score (nSPS) is 11.5. The molecule has 0 saturated carbocycles. The minimum absolute atomic E-state index is 0.0655. The maximum absolute atomic E-state index is 13.9. The second kappa shape index (κ2) is 7.24. The number of hydrogen-bond donors (Lipinski definition) is 1. The van der Waals surface area contributed by atoms with Gasteiger partial charge in [-0.3, -0.25) is 4.79 Å². The molecule has 0 atom stereocenters. The van der Waals surface area contributed by atoms with Crippen molar-refractivity contribution >= 4 is 39.1 Å². The van der Waals surface area contributed by atoms with Gasteiger partial charge in [0, 0.05) is 4.47 Å². The summed E-state index contributed by atoms with van der Waals surface area (Å²) in [5, 5.41) is 9.46. The number of hydrogen-bond acceptors (Lipinski definition) is 4. The second-order valence-corrected chi connectivity index (χ2v) is 6.37. The predicted octanol–water partition coefficient (Wildman–Crippen LogP) is 4.49. The third-order valence-corrected chi connectivity index (χ3v) is 4.49. The van der Waals surface area contributed by atoms with Gasteiger partial charge < -0.3 is 5.32 Å². The molecule has 0 unspecified atom stereocenters. The molecular weight excluding hydrogens is 458 g/mol. The van der Waals surface area contributed by atoms with E-state index in [4.69, 9.17) is 11.6 Å². The van der Waals surface area contributed by atoms with E-state index in [-0.39, 0.29) is 15.2 Å². The number of carbonyl (C=O) groups is 1. The lowest BCUT2D eigenvalue weighted by Gasteiger charge is -2.13. The molecule has 0 aliphatic heterocycles. The molecule has 0 saturated heterocycles. The number of nitrogens with zero attached hydrogens (tertiary/aromatic N) is 4. The number of alkyl halides is 3. The summed E-state index contributed by atoms with van der Waals surface area (Å²) in [4.78, 5) is 16.6. The summed E-state index contributed by atoms with van der Waals surface area (Å²) < 4.78 is 54.2. The lowest BCUT2D eigenvalue weighted by atomic mass is 10.2. The molecule has 2 heterocycles. The van der Waals surface area contributed by atoms with Crippen LogP contribution in [0, 0.1) is 5.82 Å². The molecule has 0 spiro atoms. The molecule has 0 bridgehead atoms. The fraction of sp³-hybridized carbons (Fsp3) is 0.0667. The van der Waals surface area contributed by atoms with Gasteiger partial charge in [-0.15, -0.1) is 4.80 Å². The van der Waals surface area contributed by atoms with Crippen molar-refractivity contribution in [1.29, 1.82) is 0 Å². The molecule has 1 amide bonds. The zero-order valence-corrected chi connectivity index (χ0v) is 15.3. The Morgan fingerprint density at radius 1 is 1.19 bits per heavy atom.